The Bertz CT molecular complexity index is 3850. The lowest BCUT2D eigenvalue weighted by Gasteiger charge is -2.27. The molecule has 4 heteroatoms. The van der Waals surface area contributed by atoms with Gasteiger partial charge in [0.2, 0.25) is 0 Å². The molecule has 0 saturated heterocycles. The Morgan fingerprint density at radius 3 is 1.07 bits per heavy atom. The molecule has 4 nitrogen and oxygen atoms in total. The Morgan fingerprint density at radius 2 is 0.714 bits per heavy atom. The van der Waals surface area contributed by atoms with Gasteiger partial charge in [0.25, 0.3) is 0 Å². The van der Waals surface area contributed by atoms with Crippen LogP contribution in [0.5, 0.6) is 0 Å². The van der Waals surface area contributed by atoms with Crippen molar-refractivity contribution < 1.29 is 0 Å². The van der Waals surface area contributed by atoms with Crippen molar-refractivity contribution in [3.05, 3.63) is 204 Å². The molecule has 0 atom stereocenters. The van der Waals surface area contributed by atoms with Crippen LogP contribution in [0.4, 0.5) is 34.1 Å². The molecule has 0 aliphatic carbocycles. The normalized spacial score (nSPS) is 12.7. The summed E-state index contributed by atoms with van der Waals surface area (Å²) in [5.41, 5.74) is 19.7. The molecular formula is C66H58N4. The first kappa shape index (κ1) is 42.3. The molecule has 0 saturated carbocycles. The molecule has 342 valence electrons. The smallest absolute Gasteiger partial charge is 0.0641 e. The fourth-order valence-electron chi connectivity index (χ4n) is 11.6. The predicted molar refractivity (Wildman–Crippen MR) is 301 cm³/mol. The van der Waals surface area contributed by atoms with Gasteiger partial charge in [0.05, 0.1) is 44.5 Å². The summed E-state index contributed by atoms with van der Waals surface area (Å²) < 4.78 is 5.16. The first-order chi connectivity index (χ1) is 33.9. The summed E-state index contributed by atoms with van der Waals surface area (Å²) in [5, 5.41) is 10.2. The van der Waals surface area contributed by atoms with Crippen molar-refractivity contribution in [3.8, 4) is 0 Å². The number of aromatic nitrogens is 2. The van der Waals surface area contributed by atoms with E-state index in [4.69, 9.17) is 0 Å². The number of fused-ring (bicyclic) bond motifs is 12. The van der Waals surface area contributed by atoms with E-state index in [1.165, 1.54) is 110 Å². The largest absolute Gasteiger partial charge is 0.310 e. The first-order valence-electron chi connectivity index (χ1n) is 25.2. The zero-order valence-electron chi connectivity index (χ0n) is 41.5. The van der Waals surface area contributed by atoms with E-state index < -0.39 is 0 Å². The number of hydrogen-bond donors (Lipinski definition) is 0. The van der Waals surface area contributed by atoms with Crippen LogP contribution in [-0.4, -0.2) is 8.80 Å². The van der Waals surface area contributed by atoms with E-state index in [1.54, 1.807) is 0 Å². The summed E-state index contributed by atoms with van der Waals surface area (Å²) in [7, 11) is 0. The highest BCUT2D eigenvalue weighted by molar-refractivity contribution is 6.32. The maximum atomic E-state index is 2.58. The Labute approximate surface area is 410 Å². The van der Waals surface area contributed by atoms with Gasteiger partial charge in [-0.3, -0.25) is 0 Å². The Hall–Kier alpha value is -7.82. The lowest BCUT2D eigenvalue weighted by atomic mass is 9.86. The lowest BCUT2D eigenvalue weighted by Crippen LogP contribution is -2.11. The predicted octanol–water partition coefficient (Wildman–Crippen LogP) is 18.6. The minimum absolute atomic E-state index is 0.0190. The van der Waals surface area contributed by atoms with E-state index >= 15 is 0 Å². The topological polar surface area (TPSA) is 15.3 Å². The van der Waals surface area contributed by atoms with Gasteiger partial charge >= 0.3 is 0 Å². The van der Waals surface area contributed by atoms with Crippen LogP contribution in [-0.2, 0) is 23.7 Å². The standard InChI is InChI=1S/C66H58N4/c1-9-41-21-27-47(28-22-41)67(45-17-13-11-14-18-45)57-35-31-49-51-39-60-52(40-59(51)69-55-33-25-43(65(3,4)5)37-53(55)61(57)63(49)69)50-32-36-58(62-54-38-44(66(6,7)8)26-34-56(54)70(60)64(50)62)68(46-19-15-12-16-20-46)48-29-23-42(10-2)24-30-48/h11-40H,9-10H2,1-8H3. The third kappa shape index (κ3) is 6.21. The molecule has 0 fully saturated rings. The van der Waals surface area contributed by atoms with Gasteiger partial charge in [0, 0.05) is 65.8 Å². The van der Waals surface area contributed by atoms with Gasteiger partial charge in [0.15, 0.2) is 0 Å². The van der Waals surface area contributed by atoms with Crippen molar-refractivity contribution in [2.75, 3.05) is 9.80 Å². The molecule has 0 N–H and O–H groups in total. The summed E-state index contributed by atoms with van der Waals surface area (Å²) in [6, 6.07) is 69.1. The molecule has 13 aromatic rings. The molecule has 0 aliphatic rings. The summed E-state index contributed by atoms with van der Waals surface area (Å²) in [6.07, 6.45) is 2.01. The van der Waals surface area contributed by atoms with Crippen molar-refractivity contribution in [3.63, 3.8) is 0 Å². The van der Waals surface area contributed by atoms with Crippen LogP contribution in [0.2, 0.25) is 0 Å². The second-order valence-corrected chi connectivity index (χ2v) is 21.6. The fourth-order valence-corrected chi connectivity index (χ4v) is 11.6. The van der Waals surface area contributed by atoms with Gasteiger partial charge in [-0.15, -0.1) is 0 Å². The fraction of sp³-hybridized carbons (Fsp3) is 0.182. The minimum Gasteiger partial charge on any atom is -0.310 e. The molecule has 4 aromatic heterocycles. The van der Waals surface area contributed by atoms with Crippen LogP contribution < -0.4 is 9.80 Å². The molecule has 70 heavy (non-hydrogen) atoms. The quantitative estimate of drug-likeness (QED) is 0.151. The SMILES string of the molecule is CCc1ccc(N(c2ccccc2)c2ccc3c4cc5c(cc4n4c6ccc(C(C)(C)C)cc6c2c34)c2ccc(N(c3ccccc3)c3ccc(CC)cc3)c3c4cc(C(C)(C)C)ccc4n5c23)cc1. The van der Waals surface area contributed by atoms with Crippen LogP contribution >= 0.6 is 0 Å². The summed E-state index contributed by atoms with van der Waals surface area (Å²) in [5.74, 6) is 0. The maximum absolute atomic E-state index is 2.58. The zero-order chi connectivity index (χ0) is 47.8. The van der Waals surface area contributed by atoms with E-state index in [0.29, 0.717) is 0 Å². The van der Waals surface area contributed by atoms with Gasteiger partial charge in [0.1, 0.15) is 0 Å². The third-order valence-electron chi connectivity index (χ3n) is 15.4. The van der Waals surface area contributed by atoms with Gasteiger partial charge < -0.3 is 18.6 Å². The highest BCUT2D eigenvalue weighted by atomic mass is 15.2. The molecule has 0 radical (unpaired) electrons. The van der Waals surface area contributed by atoms with E-state index in [1.807, 2.05) is 0 Å². The number of hydrogen-bond acceptors (Lipinski definition) is 2. The number of rotatable bonds is 8. The van der Waals surface area contributed by atoms with Crippen molar-refractivity contribution in [1.29, 1.82) is 0 Å². The molecule has 0 unspecified atom stereocenters. The maximum Gasteiger partial charge on any atom is 0.0641 e. The van der Waals surface area contributed by atoms with Gasteiger partial charge in [-0.25, -0.2) is 0 Å². The summed E-state index contributed by atoms with van der Waals surface area (Å²) in [6.45, 7) is 18.4. The molecular weight excluding hydrogens is 849 g/mol. The van der Waals surface area contributed by atoms with Gasteiger partial charge in [-0.2, -0.15) is 0 Å². The summed E-state index contributed by atoms with van der Waals surface area (Å²) in [4.78, 5) is 4.93. The Morgan fingerprint density at radius 1 is 0.343 bits per heavy atom. The van der Waals surface area contributed by atoms with Gasteiger partial charge in [-0.05, 0) is 143 Å². The van der Waals surface area contributed by atoms with Crippen molar-refractivity contribution >= 4 is 110 Å². The Kier molecular flexibility index (Phi) is 9.27. The van der Waals surface area contributed by atoms with E-state index in [0.717, 1.165) is 35.6 Å². The van der Waals surface area contributed by atoms with Crippen molar-refractivity contribution in [1.82, 2.24) is 8.80 Å². The summed E-state index contributed by atoms with van der Waals surface area (Å²) >= 11 is 0. The number of para-hydroxylation sites is 2. The number of nitrogens with zero attached hydrogens (tertiary/aromatic N) is 4. The average molecular weight is 907 g/mol. The van der Waals surface area contributed by atoms with E-state index in [9.17, 15) is 0 Å². The second-order valence-electron chi connectivity index (χ2n) is 21.6. The Balaban J connectivity index is 1.14. The first-order valence-corrected chi connectivity index (χ1v) is 25.2. The van der Waals surface area contributed by atoms with E-state index in [-0.39, 0.29) is 10.8 Å². The molecule has 0 amide bonds. The second kappa shape index (κ2) is 15.3. The number of aryl methyl sites for hydroxylation is 2. The molecule has 9 aromatic carbocycles. The number of benzene rings is 9. The average Bonchev–Trinajstić information content (AvgIpc) is 4.10. The van der Waals surface area contributed by atoms with Crippen LogP contribution in [0.3, 0.4) is 0 Å². The highest BCUT2D eigenvalue weighted by Gasteiger charge is 2.29. The van der Waals surface area contributed by atoms with Crippen LogP contribution in [0.25, 0.3) is 76.2 Å². The molecule has 13 rings (SSSR count). The third-order valence-corrected chi connectivity index (χ3v) is 15.4. The minimum atomic E-state index is -0.0190. The van der Waals surface area contributed by atoms with Crippen LogP contribution in [0, 0.1) is 0 Å². The van der Waals surface area contributed by atoms with Crippen molar-refractivity contribution in [2.45, 2.75) is 79.1 Å². The van der Waals surface area contributed by atoms with Crippen LogP contribution in [0.1, 0.15) is 77.6 Å². The number of anilines is 6. The van der Waals surface area contributed by atoms with Crippen molar-refractivity contribution in [2.24, 2.45) is 0 Å². The molecule has 0 spiro atoms. The zero-order valence-corrected chi connectivity index (χ0v) is 41.5. The molecule has 0 aliphatic heterocycles. The van der Waals surface area contributed by atoms with Gasteiger partial charge in [-0.1, -0.05) is 140 Å². The van der Waals surface area contributed by atoms with Crippen LogP contribution in [0.15, 0.2) is 182 Å². The monoisotopic (exact) mass is 906 g/mol. The lowest BCUT2D eigenvalue weighted by molar-refractivity contribution is 0.591. The highest BCUT2D eigenvalue weighted by Crippen LogP contribution is 2.52. The molecule has 4 heterocycles. The van der Waals surface area contributed by atoms with E-state index in [2.05, 4.69) is 256 Å². The molecule has 0 bridgehead atoms.